The lowest BCUT2D eigenvalue weighted by molar-refractivity contribution is 0.325. The van der Waals surface area contributed by atoms with Crippen LogP contribution in [0, 0.1) is 0 Å². The van der Waals surface area contributed by atoms with E-state index in [1.807, 2.05) is 0 Å². The largest absolute Gasteiger partial charge is 0.371 e. The van der Waals surface area contributed by atoms with Gasteiger partial charge in [-0.1, -0.05) is 36.4 Å². The molecule has 0 atom stereocenters. The van der Waals surface area contributed by atoms with Crippen LogP contribution < -0.4 is 0 Å². The Bertz CT molecular complexity index is 320. The van der Waals surface area contributed by atoms with Gasteiger partial charge in [-0.25, -0.2) is 0 Å². The van der Waals surface area contributed by atoms with Crippen molar-refractivity contribution in [3.8, 4) is 0 Å². The number of allylic oxidation sites excluding steroid dienone is 1. The maximum atomic E-state index is 2.51. The van der Waals surface area contributed by atoms with Gasteiger partial charge >= 0.3 is 0 Å². The molecule has 80 valence electrons. The van der Waals surface area contributed by atoms with Crippen LogP contribution in [-0.4, -0.2) is 18.0 Å². The Balaban J connectivity index is 2.17. The summed E-state index contributed by atoms with van der Waals surface area (Å²) >= 11 is 0. The average Bonchev–Trinajstić information content (AvgIpc) is 2.33. The van der Waals surface area contributed by atoms with Crippen LogP contribution in [0.2, 0.25) is 0 Å². The normalized spacial score (nSPS) is 17.9. The Morgan fingerprint density at radius 1 is 1.07 bits per heavy atom. The van der Waals surface area contributed by atoms with Gasteiger partial charge in [0.15, 0.2) is 0 Å². The highest BCUT2D eigenvalue weighted by atomic mass is 15.1. The fourth-order valence-electron chi connectivity index (χ4n) is 2.28. The van der Waals surface area contributed by atoms with Crippen molar-refractivity contribution in [1.82, 2.24) is 4.90 Å². The van der Waals surface area contributed by atoms with E-state index in [0.717, 1.165) is 0 Å². The third kappa shape index (κ3) is 2.41. The summed E-state index contributed by atoms with van der Waals surface area (Å²) < 4.78 is 0. The molecule has 2 rings (SSSR count). The third-order valence-electron chi connectivity index (χ3n) is 3.04. The zero-order valence-corrected chi connectivity index (χ0v) is 9.45. The Labute approximate surface area is 92.4 Å². The lowest BCUT2D eigenvalue weighted by atomic mass is 10.1. The number of hydrogen-bond acceptors (Lipinski definition) is 1. The Hall–Kier alpha value is -1.24. The highest BCUT2D eigenvalue weighted by molar-refractivity contribution is 5.63. The summed E-state index contributed by atoms with van der Waals surface area (Å²) in [6, 6.07) is 10.7. The highest BCUT2D eigenvalue weighted by Gasteiger charge is 2.13. The maximum Gasteiger partial charge on any atom is 0.0396 e. The van der Waals surface area contributed by atoms with E-state index in [4.69, 9.17) is 0 Å². The van der Waals surface area contributed by atoms with Gasteiger partial charge < -0.3 is 4.90 Å². The number of nitrogens with zero attached hydrogens (tertiary/aromatic N) is 1. The van der Waals surface area contributed by atoms with E-state index in [1.165, 1.54) is 43.6 Å². The number of benzene rings is 1. The van der Waals surface area contributed by atoms with Gasteiger partial charge in [0, 0.05) is 18.8 Å². The SMILES string of the molecule is C/C=C(\c1ccccc1)N1CCCCC1. The topological polar surface area (TPSA) is 3.24 Å². The highest BCUT2D eigenvalue weighted by Crippen LogP contribution is 2.22. The first-order valence-electron chi connectivity index (χ1n) is 5.88. The zero-order valence-electron chi connectivity index (χ0n) is 9.45. The molecule has 1 aliphatic heterocycles. The molecule has 1 heteroatoms. The molecular formula is C14H19N. The summed E-state index contributed by atoms with van der Waals surface area (Å²) in [5.74, 6) is 0. The van der Waals surface area contributed by atoms with Gasteiger partial charge in [0.2, 0.25) is 0 Å². The van der Waals surface area contributed by atoms with Crippen molar-refractivity contribution in [2.75, 3.05) is 13.1 Å². The summed E-state index contributed by atoms with van der Waals surface area (Å²) in [4.78, 5) is 2.51. The molecule has 1 nitrogen and oxygen atoms in total. The molecule has 1 heterocycles. The number of rotatable bonds is 2. The standard InChI is InChI=1S/C14H19N/c1-2-14(13-9-5-3-6-10-13)15-11-7-4-8-12-15/h2-3,5-6,9-10H,4,7-8,11-12H2,1H3/b14-2+. The van der Waals surface area contributed by atoms with E-state index in [-0.39, 0.29) is 0 Å². The first-order chi connectivity index (χ1) is 7.42. The van der Waals surface area contributed by atoms with E-state index in [9.17, 15) is 0 Å². The van der Waals surface area contributed by atoms with Crippen LogP contribution in [0.25, 0.3) is 5.70 Å². The van der Waals surface area contributed by atoms with Crippen LogP contribution in [0.5, 0.6) is 0 Å². The van der Waals surface area contributed by atoms with E-state index in [0.29, 0.717) is 0 Å². The second-order valence-electron chi connectivity index (χ2n) is 4.09. The van der Waals surface area contributed by atoms with Crippen LogP contribution >= 0.6 is 0 Å². The molecule has 1 aromatic rings. The van der Waals surface area contributed by atoms with Crippen LogP contribution in [0.15, 0.2) is 36.4 Å². The molecule has 0 radical (unpaired) electrons. The van der Waals surface area contributed by atoms with Crippen LogP contribution in [-0.2, 0) is 0 Å². The van der Waals surface area contributed by atoms with E-state index >= 15 is 0 Å². The maximum absolute atomic E-state index is 2.51. The van der Waals surface area contributed by atoms with Crippen molar-refractivity contribution >= 4 is 5.70 Å². The lowest BCUT2D eigenvalue weighted by Crippen LogP contribution is -2.28. The predicted octanol–water partition coefficient (Wildman–Crippen LogP) is 3.53. The second-order valence-corrected chi connectivity index (χ2v) is 4.09. The monoisotopic (exact) mass is 201 g/mol. The number of hydrogen-bond donors (Lipinski definition) is 0. The molecule has 1 aliphatic rings. The quantitative estimate of drug-likeness (QED) is 0.707. The Kier molecular flexibility index (Phi) is 3.44. The minimum Gasteiger partial charge on any atom is -0.371 e. The van der Waals surface area contributed by atoms with Crippen molar-refractivity contribution in [2.45, 2.75) is 26.2 Å². The Morgan fingerprint density at radius 2 is 1.73 bits per heavy atom. The van der Waals surface area contributed by atoms with Crippen molar-refractivity contribution in [3.05, 3.63) is 42.0 Å². The lowest BCUT2D eigenvalue weighted by Gasteiger charge is -2.31. The van der Waals surface area contributed by atoms with Gasteiger partial charge in [0.25, 0.3) is 0 Å². The number of piperidine rings is 1. The summed E-state index contributed by atoms with van der Waals surface area (Å²) in [7, 11) is 0. The summed E-state index contributed by atoms with van der Waals surface area (Å²) in [5.41, 5.74) is 2.75. The fraction of sp³-hybridized carbons (Fsp3) is 0.429. The van der Waals surface area contributed by atoms with Gasteiger partial charge in [-0.15, -0.1) is 0 Å². The Morgan fingerprint density at radius 3 is 2.33 bits per heavy atom. The zero-order chi connectivity index (χ0) is 10.5. The molecule has 0 aliphatic carbocycles. The van der Waals surface area contributed by atoms with Crippen LogP contribution in [0.4, 0.5) is 0 Å². The molecule has 0 saturated carbocycles. The van der Waals surface area contributed by atoms with Gasteiger partial charge in [0.05, 0.1) is 0 Å². The first kappa shape index (κ1) is 10.3. The molecular weight excluding hydrogens is 182 g/mol. The van der Waals surface area contributed by atoms with Crippen molar-refractivity contribution in [1.29, 1.82) is 0 Å². The minimum absolute atomic E-state index is 1.22. The molecule has 0 unspecified atom stereocenters. The van der Waals surface area contributed by atoms with Crippen molar-refractivity contribution in [2.24, 2.45) is 0 Å². The predicted molar refractivity (Wildman–Crippen MR) is 65.5 cm³/mol. The molecule has 0 amide bonds. The number of likely N-dealkylation sites (tertiary alicyclic amines) is 1. The van der Waals surface area contributed by atoms with E-state index in [2.05, 4.69) is 48.2 Å². The van der Waals surface area contributed by atoms with Gasteiger partial charge in [-0.2, -0.15) is 0 Å². The molecule has 1 aromatic carbocycles. The molecule has 0 spiro atoms. The summed E-state index contributed by atoms with van der Waals surface area (Å²) in [6.07, 6.45) is 6.30. The molecule has 1 saturated heterocycles. The molecule has 0 aromatic heterocycles. The second kappa shape index (κ2) is 5.01. The van der Waals surface area contributed by atoms with Crippen LogP contribution in [0.3, 0.4) is 0 Å². The van der Waals surface area contributed by atoms with E-state index < -0.39 is 0 Å². The smallest absolute Gasteiger partial charge is 0.0396 e. The van der Waals surface area contributed by atoms with Crippen LogP contribution in [0.1, 0.15) is 31.7 Å². The average molecular weight is 201 g/mol. The summed E-state index contributed by atoms with van der Waals surface area (Å²) in [6.45, 7) is 4.57. The molecule has 15 heavy (non-hydrogen) atoms. The van der Waals surface area contributed by atoms with Gasteiger partial charge in [-0.3, -0.25) is 0 Å². The minimum atomic E-state index is 1.22. The molecule has 0 N–H and O–H groups in total. The van der Waals surface area contributed by atoms with Gasteiger partial charge in [-0.05, 0) is 31.7 Å². The van der Waals surface area contributed by atoms with E-state index in [1.54, 1.807) is 0 Å². The molecule has 1 fully saturated rings. The van der Waals surface area contributed by atoms with Crippen molar-refractivity contribution in [3.63, 3.8) is 0 Å². The fourth-order valence-corrected chi connectivity index (χ4v) is 2.28. The third-order valence-corrected chi connectivity index (χ3v) is 3.04. The van der Waals surface area contributed by atoms with Crippen molar-refractivity contribution < 1.29 is 0 Å². The summed E-state index contributed by atoms with van der Waals surface area (Å²) in [5, 5.41) is 0. The first-order valence-corrected chi connectivity index (χ1v) is 5.88. The molecule has 0 bridgehead atoms. The van der Waals surface area contributed by atoms with Gasteiger partial charge in [0.1, 0.15) is 0 Å².